The molecular formula is C21H21N3O5. The Balaban J connectivity index is 1.77. The normalized spacial score (nSPS) is 10.3. The highest BCUT2D eigenvalue weighted by Crippen LogP contribution is 2.27. The molecule has 1 heterocycles. The van der Waals surface area contributed by atoms with Gasteiger partial charge in [0.05, 0.1) is 33.4 Å². The summed E-state index contributed by atoms with van der Waals surface area (Å²) in [5.74, 6) is 1.32. The van der Waals surface area contributed by atoms with Gasteiger partial charge in [0.15, 0.2) is 0 Å². The number of ether oxygens (including phenoxy) is 3. The molecule has 0 aliphatic carbocycles. The van der Waals surface area contributed by atoms with Crippen molar-refractivity contribution >= 4 is 11.6 Å². The van der Waals surface area contributed by atoms with Crippen LogP contribution in [0.25, 0.3) is 11.3 Å². The summed E-state index contributed by atoms with van der Waals surface area (Å²) >= 11 is 0. The van der Waals surface area contributed by atoms with Crippen molar-refractivity contribution in [3.05, 3.63) is 65.2 Å². The summed E-state index contributed by atoms with van der Waals surface area (Å²) in [4.78, 5) is 29.1. The molecule has 8 nitrogen and oxygen atoms in total. The average molecular weight is 395 g/mol. The first-order valence-electron chi connectivity index (χ1n) is 8.77. The Kier molecular flexibility index (Phi) is 6.13. The lowest BCUT2D eigenvalue weighted by molar-refractivity contribution is -0.116. The summed E-state index contributed by atoms with van der Waals surface area (Å²) < 4.78 is 16.9. The van der Waals surface area contributed by atoms with E-state index in [0.717, 1.165) is 0 Å². The lowest BCUT2D eigenvalue weighted by atomic mass is 10.1. The van der Waals surface area contributed by atoms with Gasteiger partial charge in [-0.05, 0) is 12.1 Å². The molecule has 3 aromatic rings. The first-order valence-corrected chi connectivity index (χ1v) is 8.77. The molecule has 0 aliphatic heterocycles. The lowest BCUT2D eigenvalue weighted by Gasteiger charge is -2.11. The van der Waals surface area contributed by atoms with Gasteiger partial charge in [0.1, 0.15) is 23.8 Å². The first kappa shape index (κ1) is 19.9. The van der Waals surface area contributed by atoms with Crippen molar-refractivity contribution in [2.45, 2.75) is 6.54 Å². The first-order chi connectivity index (χ1) is 14.0. The Morgan fingerprint density at radius 1 is 1.00 bits per heavy atom. The van der Waals surface area contributed by atoms with Crippen LogP contribution < -0.4 is 25.1 Å². The number of aromatic nitrogens is 2. The highest BCUT2D eigenvalue weighted by molar-refractivity contribution is 5.91. The minimum Gasteiger partial charge on any atom is -0.497 e. The molecular weight excluding hydrogens is 374 g/mol. The highest BCUT2D eigenvalue weighted by atomic mass is 16.5. The second kappa shape index (κ2) is 8.92. The fourth-order valence-electron chi connectivity index (χ4n) is 2.78. The second-order valence-electron chi connectivity index (χ2n) is 6.09. The molecule has 1 aromatic heterocycles. The molecule has 1 amide bonds. The molecule has 0 bridgehead atoms. The predicted octanol–water partition coefficient (Wildman–Crippen LogP) is 2.57. The monoisotopic (exact) mass is 395 g/mol. The molecule has 0 aliphatic rings. The quantitative estimate of drug-likeness (QED) is 0.661. The van der Waals surface area contributed by atoms with E-state index in [1.54, 1.807) is 31.4 Å². The van der Waals surface area contributed by atoms with E-state index in [4.69, 9.17) is 14.2 Å². The topological polar surface area (TPSA) is 91.7 Å². The minimum atomic E-state index is -0.380. The van der Waals surface area contributed by atoms with Gasteiger partial charge in [-0.2, -0.15) is 0 Å². The number of para-hydroxylation sites is 1. The van der Waals surface area contributed by atoms with Gasteiger partial charge >= 0.3 is 0 Å². The van der Waals surface area contributed by atoms with Gasteiger partial charge in [0.25, 0.3) is 5.56 Å². The van der Waals surface area contributed by atoms with Crippen molar-refractivity contribution in [2.75, 3.05) is 26.6 Å². The zero-order valence-corrected chi connectivity index (χ0v) is 16.3. The molecule has 0 saturated heterocycles. The summed E-state index contributed by atoms with van der Waals surface area (Å²) in [6, 6.07) is 13.7. The van der Waals surface area contributed by atoms with Crippen LogP contribution in [0.1, 0.15) is 0 Å². The molecule has 150 valence electrons. The number of anilines is 1. The lowest BCUT2D eigenvalue weighted by Crippen LogP contribution is -2.27. The van der Waals surface area contributed by atoms with Crippen LogP contribution in [0.5, 0.6) is 17.2 Å². The standard InChI is InChI=1S/C21H21N3O5/c1-27-15-8-14(9-16(10-15)28-2)23-20(25)12-24-13-22-18(11-21(24)26)17-6-4-5-7-19(17)29-3/h4-11,13H,12H2,1-3H3,(H,23,25). The maximum absolute atomic E-state index is 12.5. The molecule has 0 fully saturated rings. The minimum absolute atomic E-state index is 0.183. The maximum atomic E-state index is 12.5. The zero-order chi connectivity index (χ0) is 20.8. The molecule has 2 aromatic carbocycles. The number of amides is 1. The van der Waals surface area contributed by atoms with Crippen molar-refractivity contribution in [1.82, 2.24) is 9.55 Å². The van der Waals surface area contributed by atoms with Gasteiger partial charge < -0.3 is 19.5 Å². The van der Waals surface area contributed by atoms with Crippen molar-refractivity contribution in [2.24, 2.45) is 0 Å². The van der Waals surface area contributed by atoms with E-state index in [9.17, 15) is 9.59 Å². The second-order valence-corrected chi connectivity index (χ2v) is 6.09. The van der Waals surface area contributed by atoms with E-state index in [1.165, 1.54) is 31.2 Å². The van der Waals surface area contributed by atoms with E-state index in [-0.39, 0.29) is 18.0 Å². The third-order valence-corrected chi connectivity index (χ3v) is 4.21. The average Bonchev–Trinajstić information content (AvgIpc) is 2.74. The van der Waals surface area contributed by atoms with Gasteiger partial charge in [-0.15, -0.1) is 0 Å². The van der Waals surface area contributed by atoms with Crippen LogP contribution in [-0.2, 0) is 11.3 Å². The van der Waals surface area contributed by atoms with E-state index >= 15 is 0 Å². The third kappa shape index (κ3) is 4.73. The van der Waals surface area contributed by atoms with Crippen LogP contribution in [0.15, 0.2) is 59.7 Å². The SMILES string of the molecule is COc1cc(NC(=O)Cn2cnc(-c3ccccc3OC)cc2=O)cc(OC)c1. The van der Waals surface area contributed by atoms with Crippen LogP contribution in [0.4, 0.5) is 5.69 Å². The molecule has 0 radical (unpaired) electrons. The van der Waals surface area contributed by atoms with Gasteiger partial charge in [-0.1, -0.05) is 12.1 Å². The van der Waals surface area contributed by atoms with E-state index in [1.807, 2.05) is 18.2 Å². The number of hydrogen-bond donors (Lipinski definition) is 1. The Hall–Kier alpha value is -3.81. The molecule has 0 atom stereocenters. The molecule has 29 heavy (non-hydrogen) atoms. The third-order valence-electron chi connectivity index (χ3n) is 4.21. The van der Waals surface area contributed by atoms with Crippen LogP contribution in [0.3, 0.4) is 0 Å². The number of hydrogen-bond acceptors (Lipinski definition) is 6. The Bertz CT molecular complexity index is 1060. The number of carbonyl (C=O) groups is 1. The molecule has 1 N–H and O–H groups in total. The molecule has 8 heteroatoms. The summed E-state index contributed by atoms with van der Waals surface area (Å²) in [5, 5.41) is 2.73. The predicted molar refractivity (Wildman–Crippen MR) is 109 cm³/mol. The number of nitrogens with one attached hydrogen (secondary N) is 1. The van der Waals surface area contributed by atoms with Crippen LogP contribution in [-0.4, -0.2) is 36.8 Å². The van der Waals surface area contributed by atoms with Gasteiger partial charge in [0, 0.05) is 35.5 Å². The van der Waals surface area contributed by atoms with Gasteiger partial charge in [0.2, 0.25) is 5.91 Å². The number of carbonyl (C=O) groups excluding carboxylic acids is 1. The number of rotatable bonds is 7. The fraction of sp³-hybridized carbons (Fsp3) is 0.190. The number of nitrogens with zero attached hydrogens (tertiary/aromatic N) is 2. The summed E-state index contributed by atoms with van der Waals surface area (Å²) in [7, 11) is 4.60. The van der Waals surface area contributed by atoms with Crippen LogP contribution in [0.2, 0.25) is 0 Å². The van der Waals surface area contributed by atoms with Crippen molar-refractivity contribution in [3.8, 4) is 28.5 Å². The van der Waals surface area contributed by atoms with E-state index in [2.05, 4.69) is 10.3 Å². The van der Waals surface area contributed by atoms with Crippen LogP contribution >= 0.6 is 0 Å². The molecule has 0 saturated carbocycles. The number of benzene rings is 2. The van der Waals surface area contributed by atoms with Crippen LogP contribution in [0, 0.1) is 0 Å². The van der Waals surface area contributed by atoms with Crippen molar-refractivity contribution < 1.29 is 19.0 Å². The summed E-state index contributed by atoms with van der Waals surface area (Å²) in [6.07, 6.45) is 1.34. The highest BCUT2D eigenvalue weighted by Gasteiger charge is 2.11. The fourth-order valence-corrected chi connectivity index (χ4v) is 2.78. The van der Waals surface area contributed by atoms with Crippen molar-refractivity contribution in [3.63, 3.8) is 0 Å². The Morgan fingerprint density at radius 3 is 2.31 bits per heavy atom. The van der Waals surface area contributed by atoms with Crippen molar-refractivity contribution in [1.29, 1.82) is 0 Å². The Morgan fingerprint density at radius 2 is 1.69 bits per heavy atom. The largest absolute Gasteiger partial charge is 0.497 e. The smallest absolute Gasteiger partial charge is 0.254 e. The Labute approximate surface area is 167 Å². The molecule has 3 rings (SSSR count). The summed E-state index contributed by atoms with van der Waals surface area (Å²) in [6.45, 7) is -0.183. The zero-order valence-electron chi connectivity index (χ0n) is 16.3. The molecule has 0 unspecified atom stereocenters. The molecule has 0 spiro atoms. The summed E-state index contributed by atoms with van der Waals surface area (Å²) in [5.41, 5.74) is 1.32. The van der Waals surface area contributed by atoms with Gasteiger partial charge in [-0.3, -0.25) is 14.2 Å². The number of methoxy groups -OCH3 is 3. The maximum Gasteiger partial charge on any atom is 0.254 e. The van der Waals surface area contributed by atoms with Gasteiger partial charge in [-0.25, -0.2) is 4.98 Å². The van der Waals surface area contributed by atoms with E-state index in [0.29, 0.717) is 34.2 Å². The van der Waals surface area contributed by atoms with E-state index < -0.39 is 0 Å².